The predicted octanol–water partition coefficient (Wildman–Crippen LogP) is 0.858. The lowest BCUT2D eigenvalue weighted by Gasteiger charge is -2.40. The summed E-state index contributed by atoms with van der Waals surface area (Å²) in [5.74, 6) is -0.260. The van der Waals surface area contributed by atoms with Crippen molar-refractivity contribution in [2.24, 2.45) is 0 Å². The molecular weight excluding hydrogens is 370 g/mol. The molecule has 1 saturated heterocycles. The van der Waals surface area contributed by atoms with E-state index in [0.29, 0.717) is 38.8 Å². The quantitative estimate of drug-likeness (QED) is 0.630. The Morgan fingerprint density at radius 3 is 2.21 bits per heavy atom. The number of rotatable bonds is 7. The van der Waals surface area contributed by atoms with E-state index in [-0.39, 0.29) is 17.9 Å². The average Bonchev–Trinajstić information content (AvgIpc) is 3.53. The van der Waals surface area contributed by atoms with E-state index in [1.807, 2.05) is 37.3 Å². The molecule has 1 saturated carbocycles. The molecule has 1 heterocycles. The maximum absolute atomic E-state index is 12.9. The lowest BCUT2D eigenvalue weighted by Crippen LogP contribution is -2.56. The van der Waals surface area contributed by atoms with E-state index in [2.05, 4.69) is 25.8 Å². The zero-order valence-electron chi connectivity index (χ0n) is 17.2. The third-order valence-electron chi connectivity index (χ3n) is 5.50. The zero-order chi connectivity index (χ0) is 20.8. The summed E-state index contributed by atoms with van der Waals surface area (Å²) >= 11 is 0. The first-order valence-electron chi connectivity index (χ1n) is 10.4. The first-order valence-corrected chi connectivity index (χ1v) is 10.4. The van der Waals surface area contributed by atoms with Crippen LogP contribution in [0.25, 0.3) is 0 Å². The smallest absolute Gasteiger partial charge is 0.321 e. The van der Waals surface area contributed by atoms with Gasteiger partial charge in [0, 0.05) is 38.8 Å². The number of amides is 4. The molecule has 2 unspecified atom stereocenters. The van der Waals surface area contributed by atoms with Gasteiger partial charge >= 0.3 is 6.03 Å². The SMILES string of the molecule is CCNC(=O)NC(=O)C(c1ccccc1)N1CCN(C(C)C(=O)NC2CC2)CC1. The summed E-state index contributed by atoms with van der Waals surface area (Å²) in [5.41, 5.74) is 0.849. The van der Waals surface area contributed by atoms with Crippen LogP contribution in [0.1, 0.15) is 38.3 Å². The Balaban J connectivity index is 1.63. The molecule has 0 aromatic heterocycles. The topological polar surface area (TPSA) is 93.8 Å². The molecule has 2 atom stereocenters. The lowest BCUT2D eigenvalue weighted by atomic mass is 10.0. The van der Waals surface area contributed by atoms with Gasteiger partial charge in [-0.25, -0.2) is 4.79 Å². The highest BCUT2D eigenvalue weighted by Gasteiger charge is 2.34. The number of piperazine rings is 1. The van der Waals surface area contributed by atoms with Crippen molar-refractivity contribution >= 4 is 17.8 Å². The van der Waals surface area contributed by atoms with E-state index in [9.17, 15) is 14.4 Å². The van der Waals surface area contributed by atoms with E-state index >= 15 is 0 Å². The minimum absolute atomic E-state index is 0.0783. The van der Waals surface area contributed by atoms with Crippen LogP contribution >= 0.6 is 0 Å². The van der Waals surface area contributed by atoms with Crippen LogP contribution in [0, 0.1) is 0 Å². The fourth-order valence-electron chi connectivity index (χ4n) is 3.65. The monoisotopic (exact) mass is 401 g/mol. The van der Waals surface area contributed by atoms with Gasteiger partial charge in [-0.15, -0.1) is 0 Å². The van der Waals surface area contributed by atoms with Crippen molar-refractivity contribution in [2.45, 2.75) is 44.8 Å². The molecule has 3 rings (SSSR count). The highest BCUT2D eigenvalue weighted by atomic mass is 16.2. The Labute approximate surface area is 172 Å². The molecule has 29 heavy (non-hydrogen) atoms. The van der Waals surface area contributed by atoms with Crippen molar-refractivity contribution in [3.05, 3.63) is 35.9 Å². The number of carbonyl (C=O) groups excluding carboxylic acids is 3. The van der Waals surface area contributed by atoms with Gasteiger partial charge < -0.3 is 10.6 Å². The molecule has 8 nitrogen and oxygen atoms in total. The van der Waals surface area contributed by atoms with E-state index in [4.69, 9.17) is 0 Å². The number of urea groups is 1. The second-order valence-electron chi connectivity index (χ2n) is 7.69. The second kappa shape index (κ2) is 9.84. The Kier molecular flexibility index (Phi) is 7.22. The molecule has 0 spiro atoms. The number of carbonyl (C=O) groups is 3. The molecule has 4 amide bonds. The van der Waals surface area contributed by atoms with Crippen molar-refractivity contribution in [1.29, 1.82) is 0 Å². The summed E-state index contributed by atoms with van der Waals surface area (Å²) in [4.78, 5) is 41.3. The molecule has 1 aromatic rings. The molecule has 2 fully saturated rings. The molecule has 1 aromatic carbocycles. The minimum Gasteiger partial charge on any atom is -0.352 e. The number of hydrogen-bond acceptors (Lipinski definition) is 5. The van der Waals surface area contributed by atoms with Gasteiger partial charge in [0.25, 0.3) is 0 Å². The Bertz CT molecular complexity index is 714. The van der Waals surface area contributed by atoms with Crippen LogP contribution in [0.3, 0.4) is 0 Å². The molecular formula is C21H31N5O3. The largest absolute Gasteiger partial charge is 0.352 e. The summed E-state index contributed by atoms with van der Waals surface area (Å²) in [5, 5.41) is 8.11. The Morgan fingerprint density at radius 2 is 1.62 bits per heavy atom. The summed E-state index contributed by atoms with van der Waals surface area (Å²) in [7, 11) is 0. The third kappa shape index (κ3) is 5.77. The molecule has 0 bridgehead atoms. The van der Waals surface area contributed by atoms with Gasteiger partial charge in [0.1, 0.15) is 6.04 Å². The van der Waals surface area contributed by atoms with Crippen LogP contribution in [0.2, 0.25) is 0 Å². The summed E-state index contributed by atoms with van der Waals surface area (Å²) < 4.78 is 0. The fraction of sp³-hybridized carbons (Fsp3) is 0.571. The summed E-state index contributed by atoms with van der Waals surface area (Å²) in [6, 6.07) is 8.63. The van der Waals surface area contributed by atoms with E-state index in [1.165, 1.54) is 0 Å². The lowest BCUT2D eigenvalue weighted by molar-refractivity contribution is -0.130. The van der Waals surface area contributed by atoms with Gasteiger partial charge in [-0.1, -0.05) is 30.3 Å². The van der Waals surface area contributed by atoms with Crippen LogP contribution < -0.4 is 16.0 Å². The van der Waals surface area contributed by atoms with Crippen molar-refractivity contribution in [3.63, 3.8) is 0 Å². The molecule has 8 heteroatoms. The van der Waals surface area contributed by atoms with Crippen molar-refractivity contribution in [3.8, 4) is 0 Å². The maximum atomic E-state index is 12.9. The summed E-state index contributed by atoms with van der Waals surface area (Å²) in [6.07, 6.45) is 2.15. The molecule has 1 aliphatic carbocycles. The molecule has 2 aliphatic rings. The predicted molar refractivity (Wildman–Crippen MR) is 110 cm³/mol. The third-order valence-corrected chi connectivity index (χ3v) is 5.50. The fourth-order valence-corrected chi connectivity index (χ4v) is 3.65. The number of benzene rings is 1. The van der Waals surface area contributed by atoms with E-state index in [0.717, 1.165) is 18.4 Å². The van der Waals surface area contributed by atoms with E-state index < -0.39 is 12.1 Å². The molecule has 1 aliphatic heterocycles. The van der Waals surface area contributed by atoms with Gasteiger partial charge in [0.15, 0.2) is 0 Å². The van der Waals surface area contributed by atoms with E-state index in [1.54, 1.807) is 6.92 Å². The molecule has 0 radical (unpaired) electrons. The first-order chi connectivity index (χ1) is 14.0. The zero-order valence-corrected chi connectivity index (χ0v) is 17.2. The number of imide groups is 1. The van der Waals surface area contributed by atoms with Gasteiger partial charge in [-0.3, -0.25) is 24.7 Å². The molecule has 158 valence electrons. The van der Waals surface area contributed by atoms with Crippen LogP contribution in [-0.4, -0.2) is 72.5 Å². The molecule has 3 N–H and O–H groups in total. The average molecular weight is 402 g/mol. The standard InChI is InChI=1S/C21H31N5O3/c1-3-22-21(29)24-20(28)18(16-7-5-4-6-8-16)26-13-11-25(12-14-26)15(2)19(27)23-17-9-10-17/h4-8,15,17-18H,3,9-14H2,1-2H3,(H,23,27)(H2,22,24,28,29). The van der Waals surface area contributed by atoms with Crippen molar-refractivity contribution in [1.82, 2.24) is 25.8 Å². The normalized spacial score (nSPS) is 19.8. The first kappa shape index (κ1) is 21.3. The highest BCUT2D eigenvalue weighted by molar-refractivity contribution is 5.97. The van der Waals surface area contributed by atoms with Crippen LogP contribution in [0.15, 0.2) is 30.3 Å². The van der Waals surface area contributed by atoms with Gasteiger partial charge in [-0.2, -0.15) is 0 Å². The van der Waals surface area contributed by atoms with Crippen molar-refractivity contribution in [2.75, 3.05) is 32.7 Å². The summed E-state index contributed by atoms with van der Waals surface area (Å²) in [6.45, 7) is 6.86. The number of hydrogen-bond donors (Lipinski definition) is 3. The Hall–Kier alpha value is -2.45. The van der Waals surface area contributed by atoms with Gasteiger partial charge in [-0.05, 0) is 32.3 Å². The highest BCUT2D eigenvalue weighted by Crippen LogP contribution is 2.24. The van der Waals surface area contributed by atoms with Crippen LogP contribution in [0.5, 0.6) is 0 Å². The van der Waals surface area contributed by atoms with Gasteiger partial charge in [0.2, 0.25) is 11.8 Å². The maximum Gasteiger partial charge on any atom is 0.321 e. The minimum atomic E-state index is -0.545. The van der Waals surface area contributed by atoms with Gasteiger partial charge in [0.05, 0.1) is 6.04 Å². The Morgan fingerprint density at radius 1 is 1.00 bits per heavy atom. The van der Waals surface area contributed by atoms with Crippen LogP contribution in [-0.2, 0) is 9.59 Å². The second-order valence-corrected chi connectivity index (χ2v) is 7.69. The number of nitrogens with zero attached hydrogens (tertiary/aromatic N) is 2. The van der Waals surface area contributed by atoms with Crippen LogP contribution in [0.4, 0.5) is 4.79 Å². The van der Waals surface area contributed by atoms with Crippen molar-refractivity contribution < 1.29 is 14.4 Å². The number of nitrogens with one attached hydrogen (secondary N) is 3.